The molecule has 7 nitrogen and oxygen atoms in total. The summed E-state index contributed by atoms with van der Waals surface area (Å²) in [6.07, 6.45) is 1.35. The number of nitrogens with zero attached hydrogens (tertiary/aromatic N) is 1. The second-order valence-electron chi connectivity index (χ2n) is 6.99. The van der Waals surface area contributed by atoms with Gasteiger partial charge < -0.3 is 24.1 Å². The van der Waals surface area contributed by atoms with Gasteiger partial charge in [-0.05, 0) is 51.8 Å². The highest BCUT2D eigenvalue weighted by Gasteiger charge is 2.29. The number of benzene rings is 1. The van der Waals surface area contributed by atoms with Crippen molar-refractivity contribution in [3.8, 4) is 11.5 Å². The second-order valence-corrected chi connectivity index (χ2v) is 6.99. The van der Waals surface area contributed by atoms with Crippen molar-refractivity contribution in [1.29, 1.82) is 0 Å². The predicted molar refractivity (Wildman–Crippen MR) is 98.2 cm³/mol. The van der Waals surface area contributed by atoms with Crippen molar-refractivity contribution in [1.82, 2.24) is 4.57 Å². The number of hydrogen-bond acceptors (Lipinski definition) is 5. The molecule has 0 spiro atoms. The van der Waals surface area contributed by atoms with Crippen LogP contribution in [-0.4, -0.2) is 29.3 Å². The van der Waals surface area contributed by atoms with E-state index in [1.54, 1.807) is 25.1 Å². The van der Waals surface area contributed by atoms with E-state index in [-0.39, 0.29) is 6.79 Å². The zero-order valence-corrected chi connectivity index (χ0v) is 15.6. The number of nitrogens with one attached hydrogen (secondary N) is 1. The van der Waals surface area contributed by atoms with Crippen LogP contribution in [0.2, 0.25) is 0 Å². The van der Waals surface area contributed by atoms with Crippen molar-refractivity contribution in [3.05, 3.63) is 41.2 Å². The Balaban J connectivity index is 1.41. The van der Waals surface area contributed by atoms with Gasteiger partial charge in [-0.25, -0.2) is 4.79 Å². The van der Waals surface area contributed by atoms with Gasteiger partial charge in [0, 0.05) is 29.2 Å². The summed E-state index contributed by atoms with van der Waals surface area (Å²) in [6, 6.07) is 7.43. The molecule has 0 radical (unpaired) electrons. The standard InChI is InChI=1S/C20H22N2O5/c1-11-8-16(12(2)22(11)15-5-6-15)20(24)27-13(3)19(23)21-14-4-7-17-18(9-14)26-10-25-17/h4,7-9,13,15H,5-6,10H2,1-3H3,(H,21,23)/t13-/m0/s1. The Hall–Kier alpha value is -2.96. The normalized spacial score (nSPS) is 16.1. The lowest BCUT2D eigenvalue weighted by molar-refractivity contribution is -0.123. The lowest BCUT2D eigenvalue weighted by atomic mass is 10.2. The zero-order chi connectivity index (χ0) is 19.1. The SMILES string of the molecule is Cc1cc(C(=O)O[C@@H](C)C(=O)Nc2ccc3c(c2)OCO3)c(C)n1C1CC1. The molecule has 0 saturated heterocycles. The fourth-order valence-corrected chi connectivity index (χ4v) is 3.37. The third-order valence-corrected chi connectivity index (χ3v) is 4.91. The molecule has 2 aliphatic rings. The van der Waals surface area contributed by atoms with Gasteiger partial charge in [0.05, 0.1) is 5.56 Å². The van der Waals surface area contributed by atoms with Crippen molar-refractivity contribution in [2.45, 2.75) is 45.8 Å². The van der Waals surface area contributed by atoms with Crippen LogP contribution in [0.1, 0.15) is 47.6 Å². The maximum absolute atomic E-state index is 12.5. The summed E-state index contributed by atoms with van der Waals surface area (Å²) in [5.41, 5.74) is 3.00. The zero-order valence-electron chi connectivity index (χ0n) is 15.6. The van der Waals surface area contributed by atoms with Crippen molar-refractivity contribution < 1.29 is 23.8 Å². The highest BCUT2D eigenvalue weighted by molar-refractivity contribution is 5.98. The molecule has 7 heteroatoms. The topological polar surface area (TPSA) is 78.8 Å². The molecule has 1 amide bonds. The average Bonchev–Trinajstić information content (AvgIpc) is 3.26. The van der Waals surface area contributed by atoms with E-state index >= 15 is 0 Å². The fraction of sp³-hybridized carbons (Fsp3) is 0.400. The van der Waals surface area contributed by atoms with Crippen LogP contribution in [0.15, 0.2) is 24.3 Å². The van der Waals surface area contributed by atoms with E-state index < -0.39 is 18.0 Å². The third kappa shape index (κ3) is 3.37. The number of ether oxygens (including phenoxy) is 3. The van der Waals surface area contributed by atoms with Crippen LogP contribution in [0.5, 0.6) is 11.5 Å². The minimum absolute atomic E-state index is 0.167. The Bertz CT molecular complexity index is 913. The lowest BCUT2D eigenvalue weighted by Gasteiger charge is -2.14. The molecule has 1 fully saturated rings. The maximum atomic E-state index is 12.5. The van der Waals surface area contributed by atoms with Crippen LogP contribution in [-0.2, 0) is 9.53 Å². The Morgan fingerprint density at radius 2 is 1.93 bits per heavy atom. The van der Waals surface area contributed by atoms with Gasteiger partial charge in [0.1, 0.15) is 0 Å². The number of fused-ring (bicyclic) bond motifs is 1. The summed E-state index contributed by atoms with van der Waals surface area (Å²) in [7, 11) is 0. The highest BCUT2D eigenvalue weighted by Crippen LogP contribution is 2.38. The molecule has 1 aliphatic heterocycles. The van der Waals surface area contributed by atoms with Gasteiger partial charge in [0.25, 0.3) is 5.91 Å². The van der Waals surface area contributed by atoms with E-state index in [4.69, 9.17) is 14.2 Å². The molecule has 0 unspecified atom stereocenters. The average molecular weight is 370 g/mol. The quantitative estimate of drug-likeness (QED) is 0.817. The molecule has 1 aromatic heterocycles. The van der Waals surface area contributed by atoms with Crippen LogP contribution in [0.25, 0.3) is 0 Å². The van der Waals surface area contributed by atoms with Gasteiger partial charge in [0.15, 0.2) is 17.6 Å². The molecule has 1 atom stereocenters. The molecule has 1 saturated carbocycles. The number of aromatic nitrogens is 1. The number of amides is 1. The van der Waals surface area contributed by atoms with Crippen LogP contribution in [0.4, 0.5) is 5.69 Å². The van der Waals surface area contributed by atoms with Crippen molar-refractivity contribution in [2.75, 3.05) is 12.1 Å². The second kappa shape index (κ2) is 6.64. The first-order chi connectivity index (χ1) is 12.9. The number of carbonyl (C=O) groups is 2. The Kier molecular flexibility index (Phi) is 4.30. The van der Waals surface area contributed by atoms with Gasteiger partial charge in [-0.3, -0.25) is 4.79 Å². The van der Waals surface area contributed by atoms with E-state index in [0.717, 1.165) is 24.2 Å². The number of hydrogen-bond donors (Lipinski definition) is 1. The maximum Gasteiger partial charge on any atom is 0.340 e. The summed E-state index contributed by atoms with van der Waals surface area (Å²) >= 11 is 0. The van der Waals surface area contributed by atoms with E-state index in [9.17, 15) is 9.59 Å². The number of esters is 1. The van der Waals surface area contributed by atoms with Crippen LogP contribution >= 0.6 is 0 Å². The van der Waals surface area contributed by atoms with Crippen molar-refractivity contribution in [3.63, 3.8) is 0 Å². The van der Waals surface area contributed by atoms with E-state index in [1.807, 2.05) is 19.9 Å². The summed E-state index contributed by atoms with van der Waals surface area (Å²) < 4.78 is 18.1. The largest absolute Gasteiger partial charge is 0.454 e. The molecule has 1 aromatic carbocycles. The molecule has 4 rings (SSSR count). The fourth-order valence-electron chi connectivity index (χ4n) is 3.37. The first-order valence-corrected chi connectivity index (χ1v) is 9.04. The first kappa shape index (κ1) is 17.5. The molecular formula is C20H22N2O5. The van der Waals surface area contributed by atoms with Crippen LogP contribution < -0.4 is 14.8 Å². The molecule has 1 aliphatic carbocycles. The number of anilines is 1. The summed E-state index contributed by atoms with van der Waals surface area (Å²) in [6.45, 7) is 5.62. The minimum atomic E-state index is -0.924. The van der Waals surface area contributed by atoms with E-state index in [2.05, 4.69) is 9.88 Å². The molecule has 1 N–H and O–H groups in total. The Morgan fingerprint density at radius 3 is 2.67 bits per heavy atom. The van der Waals surface area contributed by atoms with E-state index in [1.165, 1.54) is 0 Å². The molecule has 27 heavy (non-hydrogen) atoms. The van der Waals surface area contributed by atoms with Crippen LogP contribution in [0.3, 0.4) is 0 Å². The van der Waals surface area contributed by atoms with Crippen LogP contribution in [0, 0.1) is 13.8 Å². The molecule has 2 heterocycles. The molecule has 142 valence electrons. The molecular weight excluding hydrogens is 348 g/mol. The van der Waals surface area contributed by atoms with Gasteiger partial charge in [-0.2, -0.15) is 0 Å². The minimum Gasteiger partial charge on any atom is -0.454 e. The van der Waals surface area contributed by atoms with Gasteiger partial charge >= 0.3 is 5.97 Å². The summed E-state index contributed by atoms with van der Waals surface area (Å²) in [4.78, 5) is 24.9. The predicted octanol–water partition coefficient (Wildman–Crippen LogP) is 3.35. The Labute approximate surface area is 157 Å². The number of carbonyl (C=O) groups excluding carboxylic acids is 2. The summed E-state index contributed by atoms with van der Waals surface area (Å²) in [5, 5.41) is 2.73. The first-order valence-electron chi connectivity index (χ1n) is 9.04. The number of aryl methyl sites for hydroxylation is 1. The third-order valence-electron chi connectivity index (χ3n) is 4.91. The lowest BCUT2D eigenvalue weighted by Crippen LogP contribution is -2.30. The smallest absolute Gasteiger partial charge is 0.340 e. The van der Waals surface area contributed by atoms with Gasteiger partial charge in [-0.1, -0.05) is 0 Å². The van der Waals surface area contributed by atoms with Crippen molar-refractivity contribution in [2.24, 2.45) is 0 Å². The van der Waals surface area contributed by atoms with E-state index in [0.29, 0.717) is 28.8 Å². The molecule has 2 aromatic rings. The Morgan fingerprint density at radius 1 is 1.19 bits per heavy atom. The molecule has 0 bridgehead atoms. The number of rotatable bonds is 5. The van der Waals surface area contributed by atoms with Crippen molar-refractivity contribution >= 4 is 17.6 Å². The van der Waals surface area contributed by atoms with Gasteiger partial charge in [-0.15, -0.1) is 0 Å². The van der Waals surface area contributed by atoms with Gasteiger partial charge in [0.2, 0.25) is 6.79 Å². The highest BCUT2D eigenvalue weighted by atomic mass is 16.7. The summed E-state index contributed by atoms with van der Waals surface area (Å²) in [5.74, 6) is 0.324. The monoisotopic (exact) mass is 370 g/mol.